The second kappa shape index (κ2) is 8.13. The highest BCUT2D eigenvalue weighted by Gasteiger charge is 2.51. The van der Waals surface area contributed by atoms with Gasteiger partial charge in [-0.05, 0) is 42.9 Å². The molecular formula is C26H31N5O2. The Hall–Kier alpha value is -2.93. The minimum Gasteiger partial charge on any atom is -0.378 e. The Bertz CT molecular complexity index is 1110. The Balaban J connectivity index is 1.17. The number of amides is 1. The Labute approximate surface area is 195 Å². The summed E-state index contributed by atoms with van der Waals surface area (Å²) in [6, 6.07) is 10.7. The number of hydrogen-bond donors (Lipinski definition) is 0. The van der Waals surface area contributed by atoms with E-state index in [0.29, 0.717) is 5.91 Å². The SMILES string of the molecule is Cc1nc(N2CCOCC2)cc(N2CCC3(CCN(CC4=CCc5ccccc54)C3=O)C2)n1. The van der Waals surface area contributed by atoms with Gasteiger partial charge in [-0.2, -0.15) is 0 Å². The highest BCUT2D eigenvalue weighted by Crippen LogP contribution is 2.43. The topological polar surface area (TPSA) is 61.8 Å². The molecular weight excluding hydrogens is 414 g/mol. The van der Waals surface area contributed by atoms with E-state index in [1.54, 1.807) is 0 Å². The lowest BCUT2D eigenvalue weighted by Crippen LogP contribution is -2.38. The number of fused-ring (bicyclic) bond motifs is 1. The molecule has 1 aromatic carbocycles. The average molecular weight is 446 g/mol. The summed E-state index contributed by atoms with van der Waals surface area (Å²) in [4.78, 5) is 29.7. The van der Waals surface area contributed by atoms with Crippen LogP contribution in [-0.2, 0) is 16.0 Å². The number of aryl methyl sites for hydroxylation is 1. The second-order valence-electron chi connectivity index (χ2n) is 9.75. The number of anilines is 2. The molecule has 7 heteroatoms. The normalized spacial score (nSPS) is 24.7. The zero-order chi connectivity index (χ0) is 22.4. The molecule has 172 valence electrons. The summed E-state index contributed by atoms with van der Waals surface area (Å²) >= 11 is 0. The van der Waals surface area contributed by atoms with Crippen LogP contribution >= 0.6 is 0 Å². The maximum atomic E-state index is 13.6. The summed E-state index contributed by atoms with van der Waals surface area (Å²) in [7, 11) is 0. The van der Waals surface area contributed by atoms with E-state index in [-0.39, 0.29) is 5.41 Å². The fourth-order valence-corrected chi connectivity index (χ4v) is 5.85. The Kier molecular flexibility index (Phi) is 5.09. The molecule has 4 aliphatic rings. The van der Waals surface area contributed by atoms with Crippen LogP contribution in [0.25, 0.3) is 5.57 Å². The number of carbonyl (C=O) groups excluding carboxylic acids is 1. The largest absolute Gasteiger partial charge is 0.378 e. The van der Waals surface area contributed by atoms with Crippen molar-refractivity contribution < 1.29 is 9.53 Å². The molecule has 0 saturated carbocycles. The van der Waals surface area contributed by atoms with Crippen molar-refractivity contribution in [1.82, 2.24) is 14.9 Å². The van der Waals surface area contributed by atoms with Gasteiger partial charge >= 0.3 is 0 Å². The van der Waals surface area contributed by atoms with E-state index in [1.807, 2.05) is 6.92 Å². The number of hydrogen-bond acceptors (Lipinski definition) is 6. The van der Waals surface area contributed by atoms with E-state index in [2.05, 4.69) is 56.1 Å². The third-order valence-corrected chi connectivity index (χ3v) is 7.72. The maximum absolute atomic E-state index is 13.6. The van der Waals surface area contributed by atoms with E-state index in [9.17, 15) is 4.79 Å². The number of benzene rings is 1. The molecule has 1 atom stereocenters. The zero-order valence-electron chi connectivity index (χ0n) is 19.3. The van der Waals surface area contributed by atoms with Crippen LogP contribution in [0.5, 0.6) is 0 Å². The first-order valence-electron chi connectivity index (χ1n) is 12.1. The Morgan fingerprint density at radius 3 is 2.61 bits per heavy atom. The van der Waals surface area contributed by atoms with Crippen molar-refractivity contribution in [3.8, 4) is 0 Å². The highest BCUT2D eigenvalue weighted by molar-refractivity contribution is 5.88. The Morgan fingerprint density at radius 1 is 1.00 bits per heavy atom. The lowest BCUT2D eigenvalue weighted by Gasteiger charge is -2.29. The van der Waals surface area contributed by atoms with Gasteiger partial charge in [0.25, 0.3) is 0 Å². The molecule has 0 radical (unpaired) electrons. The Morgan fingerprint density at radius 2 is 1.76 bits per heavy atom. The molecule has 7 nitrogen and oxygen atoms in total. The van der Waals surface area contributed by atoms with Crippen LogP contribution in [0.15, 0.2) is 36.4 Å². The van der Waals surface area contributed by atoms with Crippen LogP contribution in [0.1, 0.15) is 29.8 Å². The van der Waals surface area contributed by atoms with E-state index in [4.69, 9.17) is 9.72 Å². The highest BCUT2D eigenvalue weighted by atomic mass is 16.5. The minimum atomic E-state index is -0.281. The van der Waals surface area contributed by atoms with E-state index < -0.39 is 0 Å². The maximum Gasteiger partial charge on any atom is 0.231 e. The summed E-state index contributed by atoms with van der Waals surface area (Å²) in [5, 5.41) is 0. The molecule has 6 rings (SSSR count). The number of allylic oxidation sites excluding steroid dienone is 1. The van der Waals surface area contributed by atoms with Crippen LogP contribution in [-0.4, -0.2) is 73.3 Å². The van der Waals surface area contributed by atoms with Crippen molar-refractivity contribution in [3.63, 3.8) is 0 Å². The van der Waals surface area contributed by atoms with Gasteiger partial charge in [-0.15, -0.1) is 0 Å². The number of likely N-dealkylation sites (tertiary alicyclic amines) is 1. The van der Waals surface area contributed by atoms with Crippen molar-refractivity contribution in [2.24, 2.45) is 5.41 Å². The van der Waals surface area contributed by atoms with Gasteiger partial charge in [-0.25, -0.2) is 9.97 Å². The molecule has 1 amide bonds. The fourth-order valence-electron chi connectivity index (χ4n) is 5.85. The summed E-state index contributed by atoms with van der Waals surface area (Å²) in [5.74, 6) is 3.00. The zero-order valence-corrected chi connectivity index (χ0v) is 19.3. The van der Waals surface area contributed by atoms with Crippen molar-refractivity contribution in [1.29, 1.82) is 0 Å². The lowest BCUT2D eigenvalue weighted by molar-refractivity contribution is -0.134. The van der Waals surface area contributed by atoms with Crippen LogP contribution < -0.4 is 9.80 Å². The summed E-state index contributed by atoms with van der Waals surface area (Å²) < 4.78 is 5.49. The lowest BCUT2D eigenvalue weighted by atomic mass is 9.85. The third-order valence-electron chi connectivity index (χ3n) is 7.72. The number of aromatic nitrogens is 2. The van der Waals surface area contributed by atoms with Gasteiger partial charge < -0.3 is 19.4 Å². The molecule has 0 bridgehead atoms. The number of rotatable bonds is 4. The molecule has 1 aliphatic carbocycles. The van der Waals surface area contributed by atoms with Gasteiger partial charge in [-0.3, -0.25) is 4.79 Å². The molecule has 33 heavy (non-hydrogen) atoms. The quantitative estimate of drug-likeness (QED) is 0.721. The van der Waals surface area contributed by atoms with Gasteiger partial charge in [0.05, 0.1) is 18.6 Å². The van der Waals surface area contributed by atoms with E-state index >= 15 is 0 Å². The first-order valence-corrected chi connectivity index (χ1v) is 12.1. The van der Waals surface area contributed by atoms with Crippen molar-refractivity contribution in [2.45, 2.75) is 26.2 Å². The van der Waals surface area contributed by atoms with Crippen LogP contribution in [0.4, 0.5) is 11.6 Å². The van der Waals surface area contributed by atoms with Crippen molar-refractivity contribution in [3.05, 3.63) is 53.4 Å². The fraction of sp³-hybridized carbons (Fsp3) is 0.500. The molecule has 4 heterocycles. The monoisotopic (exact) mass is 445 g/mol. The van der Waals surface area contributed by atoms with Crippen LogP contribution in [0.2, 0.25) is 0 Å². The summed E-state index contributed by atoms with van der Waals surface area (Å²) in [5.41, 5.74) is 3.70. The first-order chi connectivity index (χ1) is 16.1. The molecule has 1 spiro atoms. The number of nitrogens with zero attached hydrogens (tertiary/aromatic N) is 5. The van der Waals surface area contributed by atoms with E-state index in [0.717, 1.165) is 89.2 Å². The third kappa shape index (κ3) is 3.68. The van der Waals surface area contributed by atoms with Gasteiger partial charge in [0.1, 0.15) is 17.5 Å². The summed E-state index contributed by atoms with van der Waals surface area (Å²) in [6.07, 6.45) is 5.09. The molecule has 1 unspecified atom stereocenters. The molecule has 1 aromatic heterocycles. The van der Waals surface area contributed by atoms with Crippen LogP contribution in [0.3, 0.4) is 0 Å². The second-order valence-corrected chi connectivity index (χ2v) is 9.75. The van der Waals surface area contributed by atoms with Gasteiger partial charge in [0.2, 0.25) is 5.91 Å². The molecule has 3 aliphatic heterocycles. The smallest absolute Gasteiger partial charge is 0.231 e. The number of carbonyl (C=O) groups is 1. The molecule has 3 fully saturated rings. The minimum absolute atomic E-state index is 0.281. The van der Waals surface area contributed by atoms with Crippen molar-refractivity contribution >= 4 is 23.1 Å². The summed E-state index contributed by atoms with van der Waals surface area (Å²) in [6.45, 7) is 8.31. The van der Waals surface area contributed by atoms with Gasteiger partial charge in [-0.1, -0.05) is 30.3 Å². The first kappa shape index (κ1) is 20.7. The number of morpholine rings is 1. The predicted molar refractivity (Wildman–Crippen MR) is 128 cm³/mol. The predicted octanol–water partition coefficient (Wildman–Crippen LogP) is 2.69. The van der Waals surface area contributed by atoms with Gasteiger partial charge in [0.15, 0.2) is 0 Å². The molecule has 0 N–H and O–H groups in total. The van der Waals surface area contributed by atoms with Gasteiger partial charge in [0, 0.05) is 45.3 Å². The standard InChI is InChI=1S/C26H31N5O2/c1-19-27-23(29-12-14-33-15-13-29)16-24(28-19)31-11-9-26(18-31)8-10-30(25(26)32)17-21-7-6-20-4-2-3-5-22(20)21/h2-5,7,16H,6,8-15,17-18H2,1H3. The molecule has 2 aromatic rings. The average Bonchev–Trinajstić information content (AvgIpc) is 3.54. The van der Waals surface area contributed by atoms with Crippen LogP contribution in [0, 0.1) is 12.3 Å². The van der Waals surface area contributed by atoms with E-state index in [1.165, 1.54) is 16.7 Å². The number of ether oxygens (including phenoxy) is 1. The van der Waals surface area contributed by atoms with Crippen molar-refractivity contribution in [2.75, 3.05) is 62.3 Å². The molecule has 3 saturated heterocycles.